The Morgan fingerprint density at radius 2 is 2.12 bits per heavy atom. The molecule has 8 heteroatoms. The quantitative estimate of drug-likeness (QED) is 0.476. The summed E-state index contributed by atoms with van der Waals surface area (Å²) in [7, 11) is 1.25. The van der Waals surface area contributed by atoms with Crippen molar-refractivity contribution in [3.8, 4) is 0 Å². The van der Waals surface area contributed by atoms with Crippen LogP contribution in [0.4, 0.5) is 5.69 Å². The van der Waals surface area contributed by atoms with Crippen LogP contribution in [-0.2, 0) is 16.0 Å². The van der Waals surface area contributed by atoms with Crippen molar-refractivity contribution in [1.29, 1.82) is 0 Å². The highest BCUT2D eigenvalue weighted by Gasteiger charge is 2.19. The summed E-state index contributed by atoms with van der Waals surface area (Å²) in [6, 6.07) is 7.07. The van der Waals surface area contributed by atoms with Crippen molar-refractivity contribution in [1.82, 2.24) is 0 Å². The minimum atomic E-state index is -0.624. The fourth-order valence-electron chi connectivity index (χ4n) is 2.14. The van der Waals surface area contributed by atoms with E-state index >= 15 is 0 Å². The predicted molar refractivity (Wildman–Crippen MR) is 106 cm³/mol. The molecule has 0 fully saturated rings. The lowest BCUT2D eigenvalue weighted by Gasteiger charge is -2.12. The molecule has 1 amide bonds. The molecule has 0 atom stereocenters. The van der Waals surface area contributed by atoms with Gasteiger partial charge in [-0.2, -0.15) is 11.8 Å². The minimum Gasteiger partial charge on any atom is -0.465 e. The first-order valence-corrected chi connectivity index (χ1v) is 10.3. The number of anilines is 1. The molecule has 0 saturated carbocycles. The van der Waals surface area contributed by atoms with E-state index in [1.807, 2.05) is 6.07 Å². The first-order chi connectivity index (χ1) is 12.0. The van der Waals surface area contributed by atoms with Gasteiger partial charge in [0.2, 0.25) is 5.91 Å². The summed E-state index contributed by atoms with van der Waals surface area (Å²) in [5.74, 6) is 0.325. The summed E-state index contributed by atoms with van der Waals surface area (Å²) in [4.78, 5) is 25.3. The van der Waals surface area contributed by atoms with Crippen molar-refractivity contribution in [3.05, 3.63) is 50.1 Å². The molecule has 0 bridgehead atoms. The molecule has 25 heavy (non-hydrogen) atoms. The van der Waals surface area contributed by atoms with Crippen molar-refractivity contribution in [2.24, 2.45) is 0 Å². The minimum absolute atomic E-state index is 0.101. The zero-order valence-electron chi connectivity index (χ0n) is 13.5. The molecule has 0 aliphatic heterocycles. The van der Waals surface area contributed by atoms with E-state index in [0.717, 1.165) is 18.6 Å². The number of halogens is 2. The first-order valence-electron chi connectivity index (χ1n) is 7.48. The van der Waals surface area contributed by atoms with Crippen LogP contribution < -0.4 is 5.32 Å². The van der Waals surface area contributed by atoms with Crippen molar-refractivity contribution >= 4 is 63.9 Å². The van der Waals surface area contributed by atoms with Crippen molar-refractivity contribution in [2.75, 3.05) is 23.9 Å². The van der Waals surface area contributed by atoms with Crippen molar-refractivity contribution < 1.29 is 14.3 Å². The molecular weight excluding hydrogens is 401 g/mol. The Morgan fingerprint density at radius 1 is 1.32 bits per heavy atom. The second kappa shape index (κ2) is 10.1. The number of rotatable bonds is 8. The Bertz CT molecular complexity index is 736. The van der Waals surface area contributed by atoms with E-state index in [-0.39, 0.29) is 27.9 Å². The zero-order valence-corrected chi connectivity index (χ0v) is 16.7. The van der Waals surface area contributed by atoms with E-state index in [2.05, 4.69) is 16.8 Å². The Kier molecular flexibility index (Phi) is 8.09. The lowest BCUT2D eigenvalue weighted by molar-refractivity contribution is -0.113. The maximum Gasteiger partial charge on any atom is 0.341 e. The highest BCUT2D eigenvalue weighted by molar-refractivity contribution is 7.99. The van der Waals surface area contributed by atoms with Crippen LogP contribution in [0.15, 0.2) is 29.6 Å². The van der Waals surface area contributed by atoms with E-state index in [0.29, 0.717) is 5.02 Å². The largest absolute Gasteiger partial charge is 0.465 e. The lowest BCUT2D eigenvalue weighted by atomic mass is 10.1. The summed E-state index contributed by atoms with van der Waals surface area (Å²) in [6.07, 6.45) is 2.03. The predicted octanol–water partition coefficient (Wildman–Crippen LogP) is 5.15. The molecule has 0 radical (unpaired) electrons. The molecule has 0 unspecified atom stereocenters. The Morgan fingerprint density at radius 3 is 2.80 bits per heavy atom. The van der Waals surface area contributed by atoms with Crippen LogP contribution in [0.25, 0.3) is 0 Å². The molecule has 0 spiro atoms. The lowest BCUT2D eigenvalue weighted by Crippen LogP contribution is -2.17. The number of hydrogen-bond acceptors (Lipinski definition) is 5. The molecule has 1 N–H and O–H groups in total. The highest BCUT2D eigenvalue weighted by atomic mass is 35.5. The van der Waals surface area contributed by atoms with Gasteiger partial charge in [-0.25, -0.2) is 4.79 Å². The van der Waals surface area contributed by atoms with Crippen LogP contribution in [0.1, 0.15) is 21.7 Å². The maximum atomic E-state index is 12.1. The van der Waals surface area contributed by atoms with Gasteiger partial charge < -0.3 is 10.1 Å². The average molecular weight is 418 g/mol. The van der Waals surface area contributed by atoms with E-state index in [1.165, 1.54) is 24.1 Å². The van der Waals surface area contributed by atoms with Crippen LogP contribution >= 0.6 is 46.3 Å². The number of hydrogen-bond donors (Lipinski definition) is 1. The van der Waals surface area contributed by atoms with Crippen LogP contribution in [0.2, 0.25) is 10.0 Å². The number of esters is 1. The van der Waals surface area contributed by atoms with Gasteiger partial charge in [0.15, 0.2) is 0 Å². The van der Waals surface area contributed by atoms with Crippen molar-refractivity contribution in [3.63, 3.8) is 0 Å². The monoisotopic (exact) mass is 417 g/mol. The highest BCUT2D eigenvalue weighted by Crippen LogP contribution is 2.30. The molecule has 1 heterocycles. The molecule has 1 aromatic carbocycles. The number of thiophene rings is 1. The maximum absolute atomic E-state index is 12.1. The number of thioether (sulfide) groups is 1. The van der Waals surface area contributed by atoms with Gasteiger partial charge in [-0.05, 0) is 42.2 Å². The van der Waals surface area contributed by atoms with Gasteiger partial charge in [-0.15, -0.1) is 11.3 Å². The average Bonchev–Trinajstić information content (AvgIpc) is 3.06. The zero-order chi connectivity index (χ0) is 18.2. The molecule has 0 aliphatic rings. The fourth-order valence-corrected chi connectivity index (χ4v) is 4.21. The summed E-state index contributed by atoms with van der Waals surface area (Å²) in [6.45, 7) is 0. The third-order valence-corrected chi connectivity index (χ3v) is 5.74. The molecule has 2 aromatic rings. The Labute approximate surface area is 164 Å². The van der Waals surface area contributed by atoms with Gasteiger partial charge >= 0.3 is 5.97 Å². The number of carbonyl (C=O) groups is 2. The van der Waals surface area contributed by atoms with E-state index < -0.39 is 5.97 Å². The first kappa shape index (κ1) is 20.1. The van der Waals surface area contributed by atoms with Crippen LogP contribution in [0.3, 0.4) is 0 Å². The molecule has 134 valence electrons. The van der Waals surface area contributed by atoms with E-state index in [4.69, 9.17) is 27.9 Å². The van der Waals surface area contributed by atoms with Gasteiger partial charge in [0, 0.05) is 9.90 Å². The fraction of sp³-hybridized carbons (Fsp3) is 0.294. The standard InChI is InChI=1S/C17H17Cl2NO3S2/c1-23-17(22)16-13(19)8-11(18)9-14(16)20-15(21)10-24-6-2-4-12-5-3-7-25-12/h3,5,7-9H,2,4,6,10H2,1H3,(H,20,21). The van der Waals surface area contributed by atoms with E-state index in [1.54, 1.807) is 23.1 Å². The number of ether oxygens (including phenoxy) is 1. The second-order valence-electron chi connectivity index (χ2n) is 5.09. The molecule has 4 nitrogen and oxygen atoms in total. The topological polar surface area (TPSA) is 55.4 Å². The SMILES string of the molecule is COC(=O)c1c(Cl)cc(Cl)cc1NC(=O)CSCCCc1cccs1. The number of benzene rings is 1. The van der Waals surface area contributed by atoms with Gasteiger partial charge in [-0.3, -0.25) is 4.79 Å². The van der Waals surface area contributed by atoms with Crippen LogP contribution in [0.5, 0.6) is 0 Å². The van der Waals surface area contributed by atoms with E-state index in [9.17, 15) is 9.59 Å². The smallest absolute Gasteiger partial charge is 0.341 e. The molecule has 2 rings (SSSR count). The normalized spacial score (nSPS) is 10.5. The third-order valence-electron chi connectivity index (χ3n) is 3.24. The molecule has 0 saturated heterocycles. The number of nitrogens with one attached hydrogen (secondary N) is 1. The summed E-state index contributed by atoms with van der Waals surface area (Å²) < 4.78 is 4.71. The molecule has 0 aliphatic carbocycles. The Hall–Kier alpha value is -1.21. The number of amides is 1. The Balaban J connectivity index is 1.86. The summed E-state index contributed by atoms with van der Waals surface area (Å²) >= 11 is 15.3. The van der Waals surface area contributed by atoms with Gasteiger partial charge in [0.1, 0.15) is 5.56 Å². The van der Waals surface area contributed by atoms with Crippen LogP contribution in [0, 0.1) is 0 Å². The second-order valence-corrected chi connectivity index (χ2v) is 8.07. The molecule has 1 aromatic heterocycles. The molecular formula is C17H17Cl2NO3S2. The number of aryl methyl sites for hydroxylation is 1. The van der Waals surface area contributed by atoms with Gasteiger partial charge in [0.05, 0.1) is 23.6 Å². The van der Waals surface area contributed by atoms with Crippen LogP contribution in [-0.4, -0.2) is 30.5 Å². The third kappa shape index (κ3) is 6.22. The summed E-state index contributed by atoms with van der Waals surface area (Å²) in [5.41, 5.74) is 0.359. The van der Waals surface area contributed by atoms with Crippen molar-refractivity contribution in [2.45, 2.75) is 12.8 Å². The number of methoxy groups -OCH3 is 1. The number of carbonyl (C=O) groups excluding carboxylic acids is 2. The van der Waals surface area contributed by atoms with Gasteiger partial charge in [0.25, 0.3) is 0 Å². The van der Waals surface area contributed by atoms with Gasteiger partial charge in [-0.1, -0.05) is 29.3 Å². The summed E-state index contributed by atoms with van der Waals surface area (Å²) in [5, 5.41) is 5.21.